The van der Waals surface area contributed by atoms with Crippen LogP contribution in [0.3, 0.4) is 0 Å². The second-order valence-electron chi connectivity index (χ2n) is 3.30. The minimum atomic E-state index is -0.753. The van der Waals surface area contributed by atoms with Crippen LogP contribution in [0.1, 0.15) is 10.4 Å². The van der Waals surface area contributed by atoms with E-state index in [1.54, 1.807) is 0 Å². The highest BCUT2D eigenvalue weighted by Gasteiger charge is 2.14. The van der Waals surface area contributed by atoms with Gasteiger partial charge in [0.2, 0.25) is 0 Å². The number of nitrogens with zero attached hydrogens (tertiary/aromatic N) is 2. The summed E-state index contributed by atoms with van der Waals surface area (Å²) in [5.41, 5.74) is -0.247. The van der Waals surface area contributed by atoms with Gasteiger partial charge in [0.25, 0.3) is 5.91 Å². The Bertz CT molecular complexity index is 607. The fourth-order valence-electron chi connectivity index (χ4n) is 1.25. The second-order valence-corrected chi connectivity index (χ2v) is 3.66. The number of rotatable bonds is 2. The van der Waals surface area contributed by atoms with E-state index >= 15 is 0 Å². The first-order valence-electron chi connectivity index (χ1n) is 4.80. The summed E-state index contributed by atoms with van der Waals surface area (Å²) in [5, 5.41) is 2.09. The largest absolute Gasteiger partial charge is 0.319 e. The highest BCUT2D eigenvalue weighted by Crippen LogP contribution is 2.17. The third-order valence-electron chi connectivity index (χ3n) is 2.07. The van der Waals surface area contributed by atoms with Crippen LogP contribution < -0.4 is 5.32 Å². The Balaban J connectivity index is 2.28. The van der Waals surface area contributed by atoms with Gasteiger partial charge in [0.15, 0.2) is 5.82 Å². The fraction of sp³-hybridized carbons (Fsp3) is 0. The quantitative estimate of drug-likeness (QED) is 0.853. The van der Waals surface area contributed by atoms with Gasteiger partial charge < -0.3 is 5.32 Å². The molecule has 92 valence electrons. The molecule has 0 saturated carbocycles. The number of hydrogen-bond donors (Lipinski definition) is 1. The molecule has 0 aliphatic heterocycles. The summed E-state index contributed by atoms with van der Waals surface area (Å²) in [6.07, 6.45) is 3.14. The second kappa shape index (κ2) is 5.05. The number of aromatic nitrogens is 2. The molecule has 4 nitrogen and oxygen atoms in total. The maximum absolute atomic E-state index is 13.2. The van der Waals surface area contributed by atoms with E-state index in [-0.39, 0.29) is 16.4 Å². The monoisotopic (exact) mass is 269 g/mol. The van der Waals surface area contributed by atoms with Gasteiger partial charge in [-0.15, -0.1) is 0 Å². The predicted octanol–water partition coefficient (Wildman–Crippen LogP) is 2.66. The molecular weight excluding hydrogens is 264 g/mol. The Hall–Kier alpha value is -2.08. The smallest absolute Gasteiger partial charge is 0.258 e. The molecule has 0 unspecified atom stereocenters. The van der Waals surface area contributed by atoms with Gasteiger partial charge in [-0.1, -0.05) is 11.6 Å². The number of halogens is 3. The summed E-state index contributed by atoms with van der Waals surface area (Å²) in [7, 11) is 0. The lowest BCUT2D eigenvalue weighted by Gasteiger charge is -2.06. The van der Waals surface area contributed by atoms with E-state index in [1.807, 2.05) is 0 Å². The third-order valence-corrected chi connectivity index (χ3v) is 2.37. The minimum absolute atomic E-state index is 0.0738. The lowest BCUT2D eigenvalue weighted by molar-refractivity contribution is 0.102. The molecular formula is C11H6ClF2N3O. The molecule has 0 aliphatic carbocycles. The molecule has 0 spiro atoms. The van der Waals surface area contributed by atoms with Crippen molar-refractivity contribution >= 4 is 23.2 Å². The number of pyridine rings is 2. The molecule has 7 heteroatoms. The number of carbonyl (C=O) groups is 1. The van der Waals surface area contributed by atoms with Gasteiger partial charge in [-0.3, -0.25) is 9.78 Å². The molecule has 1 N–H and O–H groups in total. The van der Waals surface area contributed by atoms with E-state index in [1.165, 1.54) is 12.3 Å². The summed E-state index contributed by atoms with van der Waals surface area (Å²) in [6, 6.07) is 2.19. The maximum atomic E-state index is 13.2. The number of amides is 1. The molecule has 0 bridgehead atoms. The van der Waals surface area contributed by atoms with E-state index in [4.69, 9.17) is 11.6 Å². The van der Waals surface area contributed by atoms with Crippen LogP contribution in [0.15, 0.2) is 30.7 Å². The van der Waals surface area contributed by atoms with Crippen LogP contribution in [0.2, 0.25) is 5.15 Å². The van der Waals surface area contributed by atoms with Gasteiger partial charge in [0.05, 0.1) is 23.6 Å². The Morgan fingerprint density at radius 2 is 2.11 bits per heavy atom. The molecule has 2 aromatic rings. The molecule has 0 atom stereocenters. The van der Waals surface area contributed by atoms with Crippen LogP contribution in [-0.4, -0.2) is 15.9 Å². The first-order chi connectivity index (χ1) is 8.58. The molecule has 18 heavy (non-hydrogen) atoms. The van der Waals surface area contributed by atoms with Crippen LogP contribution in [0, 0.1) is 11.6 Å². The number of carbonyl (C=O) groups excluding carboxylic acids is 1. The summed E-state index contributed by atoms with van der Waals surface area (Å²) in [5.74, 6) is -2.16. The normalized spacial score (nSPS) is 10.2. The predicted molar refractivity (Wildman–Crippen MR) is 61.4 cm³/mol. The van der Waals surface area contributed by atoms with Crippen LogP contribution in [0.5, 0.6) is 0 Å². The van der Waals surface area contributed by atoms with Crippen molar-refractivity contribution in [1.82, 2.24) is 9.97 Å². The van der Waals surface area contributed by atoms with Crippen molar-refractivity contribution in [3.05, 3.63) is 53.1 Å². The summed E-state index contributed by atoms with van der Waals surface area (Å²) in [6.45, 7) is 0. The molecule has 0 aromatic carbocycles. The number of nitrogens with one attached hydrogen (secondary N) is 1. The molecule has 1 amide bonds. The van der Waals surface area contributed by atoms with Crippen molar-refractivity contribution in [2.24, 2.45) is 0 Å². The topological polar surface area (TPSA) is 54.9 Å². The van der Waals surface area contributed by atoms with E-state index < -0.39 is 17.5 Å². The zero-order valence-electron chi connectivity index (χ0n) is 8.82. The zero-order chi connectivity index (χ0) is 13.1. The van der Waals surface area contributed by atoms with Crippen LogP contribution in [-0.2, 0) is 0 Å². The minimum Gasteiger partial charge on any atom is -0.319 e. The lowest BCUT2D eigenvalue weighted by atomic mass is 10.2. The van der Waals surface area contributed by atoms with Crippen molar-refractivity contribution in [3.63, 3.8) is 0 Å². The Morgan fingerprint density at radius 1 is 1.33 bits per heavy atom. The number of hydrogen-bond acceptors (Lipinski definition) is 3. The van der Waals surface area contributed by atoms with Gasteiger partial charge in [0.1, 0.15) is 11.0 Å². The first kappa shape index (κ1) is 12.4. The van der Waals surface area contributed by atoms with Crippen molar-refractivity contribution in [2.75, 3.05) is 5.32 Å². The fourth-order valence-corrected chi connectivity index (χ4v) is 1.44. The molecule has 0 fully saturated rings. The summed E-state index contributed by atoms with van der Waals surface area (Å²) >= 11 is 5.65. The molecule has 2 aromatic heterocycles. The summed E-state index contributed by atoms with van der Waals surface area (Å²) < 4.78 is 26.2. The van der Waals surface area contributed by atoms with Crippen molar-refractivity contribution in [2.45, 2.75) is 0 Å². The molecule has 0 aliphatic rings. The van der Waals surface area contributed by atoms with E-state index in [0.29, 0.717) is 0 Å². The standard InChI is InChI=1S/C11H6ClF2N3O/c12-10-7(3-6(13)4-16-10)11(18)17-9-1-2-15-5-8(9)14/h1-5H,(H,15,17,18). The van der Waals surface area contributed by atoms with E-state index in [0.717, 1.165) is 18.5 Å². The van der Waals surface area contributed by atoms with Crippen LogP contribution >= 0.6 is 11.6 Å². The maximum Gasteiger partial charge on any atom is 0.258 e. The van der Waals surface area contributed by atoms with Crippen LogP contribution in [0.4, 0.5) is 14.5 Å². The van der Waals surface area contributed by atoms with Gasteiger partial charge >= 0.3 is 0 Å². The summed E-state index contributed by atoms with van der Waals surface area (Å²) in [4.78, 5) is 18.8. The van der Waals surface area contributed by atoms with Crippen molar-refractivity contribution in [3.8, 4) is 0 Å². The highest BCUT2D eigenvalue weighted by molar-refractivity contribution is 6.33. The van der Waals surface area contributed by atoms with E-state index in [9.17, 15) is 13.6 Å². The van der Waals surface area contributed by atoms with Gasteiger partial charge in [0, 0.05) is 6.20 Å². The molecule has 0 saturated heterocycles. The SMILES string of the molecule is O=C(Nc1ccncc1F)c1cc(F)cnc1Cl. The van der Waals surface area contributed by atoms with Crippen LogP contribution in [0.25, 0.3) is 0 Å². The highest BCUT2D eigenvalue weighted by atomic mass is 35.5. The van der Waals surface area contributed by atoms with Gasteiger partial charge in [-0.05, 0) is 12.1 Å². The van der Waals surface area contributed by atoms with E-state index in [2.05, 4.69) is 15.3 Å². The zero-order valence-corrected chi connectivity index (χ0v) is 9.58. The van der Waals surface area contributed by atoms with Gasteiger partial charge in [-0.25, -0.2) is 13.8 Å². The third kappa shape index (κ3) is 2.60. The Labute approximate surface area is 106 Å². The first-order valence-corrected chi connectivity index (χ1v) is 5.17. The lowest BCUT2D eigenvalue weighted by Crippen LogP contribution is -2.14. The molecule has 2 rings (SSSR count). The molecule has 2 heterocycles. The Kier molecular flexibility index (Phi) is 3.47. The number of anilines is 1. The Morgan fingerprint density at radius 3 is 2.83 bits per heavy atom. The van der Waals surface area contributed by atoms with Gasteiger partial charge in [-0.2, -0.15) is 0 Å². The van der Waals surface area contributed by atoms with Crippen molar-refractivity contribution < 1.29 is 13.6 Å². The van der Waals surface area contributed by atoms with Crippen molar-refractivity contribution in [1.29, 1.82) is 0 Å². The average Bonchev–Trinajstić information content (AvgIpc) is 2.35. The average molecular weight is 270 g/mol. The molecule has 0 radical (unpaired) electrons.